The van der Waals surface area contributed by atoms with E-state index >= 15 is 0 Å². The number of nitrogens with one attached hydrogen (secondary N) is 2. The number of para-hydroxylation sites is 5. The molecule has 0 atom stereocenters. The van der Waals surface area contributed by atoms with Gasteiger partial charge < -0.3 is 29.6 Å². The summed E-state index contributed by atoms with van der Waals surface area (Å²) in [5.74, 6) is -1.77. The van der Waals surface area contributed by atoms with Crippen LogP contribution in [0.5, 0.6) is 0 Å². The largest absolute Gasteiger partial charge is 0.488 e. The number of esters is 3. The predicted molar refractivity (Wildman–Crippen MR) is 528 cm³/mol. The summed E-state index contributed by atoms with van der Waals surface area (Å²) < 4.78 is 76.9. The highest BCUT2D eigenvalue weighted by Gasteiger charge is 2.33. The van der Waals surface area contributed by atoms with E-state index < -0.39 is 49.8 Å². The lowest BCUT2D eigenvalue weighted by atomic mass is 9.80. The smallest absolute Gasteiger partial charge is 0.462 e. The molecule has 0 saturated carbocycles. The number of anilines is 1. The molecule has 14 aromatic carbocycles. The highest BCUT2D eigenvalue weighted by atomic mass is 36.0. The van der Waals surface area contributed by atoms with E-state index in [2.05, 4.69) is 84.3 Å². The lowest BCUT2D eigenvalue weighted by Crippen LogP contribution is -2.29. The number of ether oxygens (including phenoxy) is 3. The van der Waals surface area contributed by atoms with Gasteiger partial charge in [-0.25, -0.2) is 56.7 Å². The van der Waals surface area contributed by atoms with Gasteiger partial charge in [-0.2, -0.15) is 0 Å². The molecule has 0 spiro atoms. The number of sulfone groups is 2. The lowest BCUT2D eigenvalue weighted by Gasteiger charge is -2.10. The van der Waals surface area contributed by atoms with Crippen molar-refractivity contribution < 1.29 is 74.8 Å². The zero-order valence-electron chi connectivity index (χ0n) is 70.0. The van der Waals surface area contributed by atoms with Gasteiger partial charge in [0.15, 0.2) is 0 Å². The Kier molecular flexibility index (Phi) is 34.5. The molecule has 0 saturated heterocycles. The van der Waals surface area contributed by atoms with Gasteiger partial charge in [-0.15, -0.1) is 0 Å². The van der Waals surface area contributed by atoms with Crippen molar-refractivity contribution >= 4 is 199 Å². The Morgan fingerprint density at radius 2 is 0.669 bits per heavy atom. The monoisotopic (exact) mass is 1960 g/mol. The molecule has 672 valence electrons. The second-order valence-corrected chi connectivity index (χ2v) is 42.1. The Balaban J connectivity index is 0.000000145. The number of carbonyl (C=O) groups is 5. The van der Waals surface area contributed by atoms with E-state index in [1.165, 1.54) is 41.3 Å². The third-order valence-corrected chi connectivity index (χ3v) is 27.0. The summed E-state index contributed by atoms with van der Waals surface area (Å²) >= 11 is 25.1. The Labute approximate surface area is 801 Å². The third kappa shape index (κ3) is 25.0. The van der Waals surface area contributed by atoms with Crippen molar-refractivity contribution in [2.75, 3.05) is 25.1 Å². The van der Waals surface area contributed by atoms with Crippen LogP contribution in [0.15, 0.2) is 409 Å². The number of nitrogens with zero attached hydrogens (tertiary/aromatic N) is 4. The zero-order chi connectivity index (χ0) is 93.6. The zero-order valence-corrected chi connectivity index (χ0v) is 78.0. The van der Waals surface area contributed by atoms with Crippen molar-refractivity contribution in [3.8, 4) is 0 Å². The fourth-order valence-corrected chi connectivity index (χ4v) is 20.0. The number of amides is 2. The molecule has 133 heavy (non-hydrogen) atoms. The van der Waals surface area contributed by atoms with Gasteiger partial charge in [-0.3, -0.25) is 19.4 Å². The fourth-order valence-electron chi connectivity index (χ4n) is 13.5. The minimum Gasteiger partial charge on any atom is -0.462 e. The fraction of sp³-hybridized carbons (Fsp3) is 0.0700. The third-order valence-electron chi connectivity index (χ3n) is 19.6. The maximum absolute atomic E-state index is 13.2. The lowest BCUT2D eigenvalue weighted by molar-refractivity contribution is 0.0516. The minimum atomic E-state index is -3.72. The van der Waals surface area contributed by atoms with Crippen LogP contribution in [0.4, 0.5) is 28.4 Å². The molecular formula is C100H80BCl4N6O16PS5. The molecule has 5 heterocycles. The number of benzene rings is 14. The van der Waals surface area contributed by atoms with Gasteiger partial charge in [-0.05, 0) is 206 Å². The summed E-state index contributed by atoms with van der Waals surface area (Å²) in [5.41, 5.74) is 15.3. The first kappa shape index (κ1) is 99.4. The van der Waals surface area contributed by atoms with Gasteiger partial charge >= 0.3 is 30.2 Å². The number of hydrogen-bond acceptors (Lipinski definition) is 23. The number of halogens is 4. The Morgan fingerprint density at radius 3 is 1.08 bits per heavy atom. The van der Waals surface area contributed by atoms with Crippen LogP contribution in [-0.2, 0) is 38.5 Å². The van der Waals surface area contributed by atoms with Crippen molar-refractivity contribution in [3.05, 3.63) is 406 Å². The minimum absolute atomic E-state index is 0. The molecule has 14 aromatic rings. The standard InChI is InChI=1S/C22H17NO4S.C22H17NO2S.C20H14N2O4S.C13H8ClNS.C13H9NOS.C9H11BO4.CH4.Cl3OP/c1-2-27-22(24)16-13-11-15(12-14-16)21-17-7-3-5-9-19(17)28(25,26)20-10-6-4-8-18(20)23-21;1-2-25-22(24)16-13-11-15(12-14-16)21-17-7-3-5-9-19(17)26-20-10-6-4-8-18(20)23-21;23-20(22-24)14-11-9-13(10-12-14)19-15-5-1-3-7-17(15)27(25,26)18-8-4-2-6-16(18)21-19;14-13-9-5-1-3-7-11(9)16-12-8-4-2-6-10(12)15-13;15-13-9-5-1-3-7-11(9)16-12-8-4-2-6-10(12)14-13;1-2-14-9(11)7-3-5-8(6-4-7)10(12)13;;1-5(2,3)4/h3-14H,2H2,1H3;3-14H,2H2,1H3;1-12,24H,(H,22,23);1-8H;1-8H,(H,14,15);3-6,12-13H,2H2,1H3;1H4;. The molecule has 0 unspecified atom stereocenters. The van der Waals surface area contributed by atoms with Gasteiger partial charge in [0.25, 0.3) is 11.8 Å². The maximum atomic E-state index is 13.2. The summed E-state index contributed by atoms with van der Waals surface area (Å²) in [6.07, 6.45) is 0. The quantitative estimate of drug-likeness (QED) is 0.0201. The average Bonchev–Trinajstić information content (AvgIpc) is 1.62. The molecule has 22 nitrogen and oxygen atoms in total. The number of aliphatic imine (C=N–C) groups is 4. The molecule has 0 radical (unpaired) electrons. The molecule has 0 aliphatic carbocycles. The van der Waals surface area contributed by atoms with Gasteiger partial charge in [-0.1, -0.05) is 248 Å². The van der Waals surface area contributed by atoms with Gasteiger partial charge in [0, 0.05) is 73.9 Å². The Morgan fingerprint density at radius 1 is 0.376 bits per heavy atom. The number of hydroxylamine groups is 1. The van der Waals surface area contributed by atoms with Gasteiger partial charge in [0.05, 0.1) is 107 Å². The molecule has 19 rings (SSSR count). The second kappa shape index (κ2) is 46.2. The molecule has 33 heteroatoms. The van der Waals surface area contributed by atoms with E-state index in [9.17, 15) is 45.4 Å². The van der Waals surface area contributed by atoms with E-state index in [0.717, 1.165) is 69.5 Å². The molecule has 5 aliphatic rings. The van der Waals surface area contributed by atoms with Crippen molar-refractivity contribution in [2.45, 2.75) is 77.2 Å². The summed E-state index contributed by atoms with van der Waals surface area (Å²) in [7, 11) is -8.92. The van der Waals surface area contributed by atoms with E-state index in [1.807, 2.05) is 127 Å². The molecule has 0 fully saturated rings. The van der Waals surface area contributed by atoms with Gasteiger partial charge in [0.1, 0.15) is 5.17 Å². The van der Waals surface area contributed by atoms with Gasteiger partial charge in [0.2, 0.25) is 19.7 Å². The summed E-state index contributed by atoms with van der Waals surface area (Å²) in [6, 6.07) is 101. The van der Waals surface area contributed by atoms with Crippen LogP contribution < -0.4 is 16.3 Å². The van der Waals surface area contributed by atoms with Crippen LogP contribution in [0.3, 0.4) is 0 Å². The molecule has 5 N–H and O–H groups in total. The van der Waals surface area contributed by atoms with Crippen LogP contribution in [0, 0.1) is 0 Å². The average molecular weight is 1970 g/mol. The normalized spacial score (nSPS) is 13.0. The molecule has 0 aromatic heterocycles. The predicted octanol–water partition coefficient (Wildman–Crippen LogP) is 23.7. The maximum Gasteiger partial charge on any atom is 0.488 e. The van der Waals surface area contributed by atoms with Crippen molar-refractivity contribution in [1.82, 2.24) is 5.48 Å². The van der Waals surface area contributed by atoms with E-state index in [4.69, 9.17) is 46.1 Å². The van der Waals surface area contributed by atoms with Crippen molar-refractivity contribution in [2.24, 2.45) is 20.0 Å². The number of fused-ring (bicyclic) bond motifs is 10. The van der Waals surface area contributed by atoms with E-state index in [1.54, 1.807) is 207 Å². The summed E-state index contributed by atoms with van der Waals surface area (Å²) in [4.78, 5) is 84.6. The summed E-state index contributed by atoms with van der Waals surface area (Å²) in [5, 5.41) is 26.6. The molecule has 2 amide bonds. The second-order valence-electron chi connectivity index (χ2n) is 28.1. The van der Waals surface area contributed by atoms with Crippen LogP contribution >= 0.6 is 85.8 Å². The van der Waals surface area contributed by atoms with E-state index in [-0.39, 0.29) is 44.4 Å². The Bertz CT molecular complexity index is 7090. The first-order valence-electron chi connectivity index (χ1n) is 40.3. The highest BCUT2D eigenvalue weighted by Crippen LogP contribution is 2.61. The van der Waals surface area contributed by atoms with E-state index in [0.29, 0.717) is 92.2 Å². The van der Waals surface area contributed by atoms with Crippen LogP contribution in [0.1, 0.15) is 119 Å². The summed E-state index contributed by atoms with van der Waals surface area (Å²) in [6.45, 7) is 6.27. The van der Waals surface area contributed by atoms with Crippen LogP contribution in [0.25, 0.3) is 0 Å². The molecule has 0 bridgehead atoms. The Hall–Kier alpha value is -12.6. The number of hydrogen-bond donors (Lipinski definition) is 5. The first-order valence-corrected chi connectivity index (χ1v) is 50.5. The topological polar surface area (TPSA) is 333 Å². The first-order chi connectivity index (χ1) is 63.6. The molecule has 5 aliphatic heterocycles. The van der Waals surface area contributed by atoms with Crippen molar-refractivity contribution in [3.63, 3.8) is 0 Å². The van der Waals surface area contributed by atoms with Crippen LogP contribution in [-0.4, -0.2) is 111 Å². The number of carbonyl (C=O) groups excluding carboxylic acids is 5. The number of rotatable bonds is 11. The SMILES string of the molecule is C.CCOC(=O)c1ccc(B(O)O)cc1.CCOC(=O)c1ccc(C2=Nc3ccccc3S(=O)(=O)c3ccccc32)cc1.CCOC(=O)c1ccc(C2=Nc3ccccc3Sc3ccccc32)cc1.ClC1=Nc2ccccc2Sc2ccccc21.O=C(NO)c1ccc(C2=Nc3ccccc3S(=O)(=O)c3ccccc32)cc1.O=C1Nc2ccccc2Sc2ccccc21.O=P(Cl)(Cl)Cl. The molecular weight excluding hydrogens is 1890 g/mol. The highest BCUT2D eigenvalue weighted by molar-refractivity contribution is 8.24. The van der Waals surface area contributed by atoms with Crippen LogP contribution in [0.2, 0.25) is 0 Å². The van der Waals surface area contributed by atoms with Crippen molar-refractivity contribution in [1.29, 1.82) is 0 Å².